The average Bonchev–Trinajstić information content (AvgIpc) is 2.44. The van der Waals surface area contributed by atoms with Crippen molar-refractivity contribution < 1.29 is 5.11 Å². The first-order valence-electron chi connectivity index (χ1n) is 4.19. The van der Waals surface area contributed by atoms with Crippen molar-refractivity contribution in [3.63, 3.8) is 0 Å². The summed E-state index contributed by atoms with van der Waals surface area (Å²) in [5.74, 6) is 0.148. The lowest BCUT2D eigenvalue weighted by Crippen LogP contribution is -1.92. The molecule has 2 heterocycles. The molecule has 2 aromatic heterocycles. The van der Waals surface area contributed by atoms with E-state index in [0.717, 1.165) is 11.1 Å². The van der Waals surface area contributed by atoms with E-state index in [1.807, 2.05) is 14.0 Å². The number of rotatable bonds is 0. The molecule has 70 valence electrons. The van der Waals surface area contributed by atoms with Crippen LogP contribution in [0.4, 0.5) is 0 Å². The molecular formula is C10H9N3O. The second-order valence-corrected chi connectivity index (χ2v) is 3.23. The topological polar surface area (TPSA) is 61.8 Å². The van der Waals surface area contributed by atoms with Crippen molar-refractivity contribution in [1.29, 1.82) is 5.26 Å². The van der Waals surface area contributed by atoms with Gasteiger partial charge in [0.1, 0.15) is 11.6 Å². The minimum Gasteiger partial charge on any atom is -0.504 e. The molecule has 0 unspecified atom stereocenters. The van der Waals surface area contributed by atoms with Crippen LogP contribution >= 0.6 is 0 Å². The molecule has 0 aliphatic heterocycles. The van der Waals surface area contributed by atoms with E-state index in [9.17, 15) is 5.11 Å². The Hall–Kier alpha value is -2.02. The Bertz CT molecular complexity index is 548. The molecule has 0 bridgehead atoms. The zero-order chi connectivity index (χ0) is 10.3. The number of fused-ring (bicyclic) bond motifs is 1. The second-order valence-electron chi connectivity index (χ2n) is 3.23. The molecule has 4 heteroatoms. The van der Waals surface area contributed by atoms with Gasteiger partial charge in [-0.1, -0.05) is 0 Å². The minimum absolute atomic E-state index is 0.148. The lowest BCUT2D eigenvalue weighted by Gasteiger charge is -2.01. The highest BCUT2D eigenvalue weighted by atomic mass is 16.3. The fourth-order valence-corrected chi connectivity index (χ4v) is 1.63. The van der Waals surface area contributed by atoms with E-state index in [1.165, 1.54) is 6.20 Å². The Morgan fingerprint density at radius 3 is 2.93 bits per heavy atom. The van der Waals surface area contributed by atoms with Gasteiger partial charge in [0.25, 0.3) is 0 Å². The largest absolute Gasteiger partial charge is 0.504 e. The Balaban J connectivity index is 2.96. The highest BCUT2D eigenvalue weighted by Gasteiger charge is 2.11. The van der Waals surface area contributed by atoms with Gasteiger partial charge in [-0.3, -0.25) is 0 Å². The molecule has 0 aliphatic rings. The van der Waals surface area contributed by atoms with Gasteiger partial charge in [0.2, 0.25) is 0 Å². The summed E-state index contributed by atoms with van der Waals surface area (Å²) >= 11 is 0. The Kier molecular flexibility index (Phi) is 1.68. The van der Waals surface area contributed by atoms with Gasteiger partial charge >= 0.3 is 0 Å². The van der Waals surface area contributed by atoms with Crippen LogP contribution in [-0.4, -0.2) is 14.7 Å². The van der Waals surface area contributed by atoms with Gasteiger partial charge in [-0.05, 0) is 12.5 Å². The zero-order valence-corrected chi connectivity index (χ0v) is 7.94. The molecule has 0 saturated heterocycles. The number of pyridine rings is 1. The normalized spacial score (nSPS) is 10.4. The van der Waals surface area contributed by atoms with Crippen LogP contribution in [0.2, 0.25) is 0 Å². The van der Waals surface area contributed by atoms with Crippen molar-refractivity contribution in [1.82, 2.24) is 9.55 Å². The molecule has 0 spiro atoms. The van der Waals surface area contributed by atoms with Crippen molar-refractivity contribution in [3.8, 4) is 11.8 Å². The summed E-state index contributed by atoms with van der Waals surface area (Å²) in [7, 11) is 1.82. The number of nitrogens with zero attached hydrogens (tertiary/aromatic N) is 3. The standard InChI is InChI=1S/C10H9N3O/c1-6-7(3-11)4-12-9-8(14)5-13(2)10(6)9/h4-5,14H,1-2H3. The van der Waals surface area contributed by atoms with Crippen molar-refractivity contribution in [2.45, 2.75) is 6.92 Å². The maximum absolute atomic E-state index is 9.51. The van der Waals surface area contributed by atoms with Gasteiger partial charge in [-0.15, -0.1) is 0 Å². The van der Waals surface area contributed by atoms with Crippen LogP contribution < -0.4 is 0 Å². The molecule has 0 atom stereocenters. The molecule has 0 amide bonds. The van der Waals surface area contributed by atoms with Crippen LogP contribution in [-0.2, 0) is 7.05 Å². The van der Waals surface area contributed by atoms with E-state index in [0.29, 0.717) is 11.1 Å². The summed E-state index contributed by atoms with van der Waals surface area (Å²) in [5.41, 5.74) is 2.74. The van der Waals surface area contributed by atoms with Gasteiger partial charge in [-0.2, -0.15) is 5.26 Å². The molecule has 2 rings (SSSR count). The minimum atomic E-state index is 0.148. The second kappa shape index (κ2) is 2.74. The van der Waals surface area contributed by atoms with E-state index in [2.05, 4.69) is 11.1 Å². The molecule has 2 aromatic rings. The maximum Gasteiger partial charge on any atom is 0.159 e. The SMILES string of the molecule is Cc1c(C#N)cnc2c(O)cn(C)c12. The highest BCUT2D eigenvalue weighted by Crippen LogP contribution is 2.27. The molecule has 0 radical (unpaired) electrons. The predicted molar refractivity (Wildman–Crippen MR) is 51.8 cm³/mol. The van der Waals surface area contributed by atoms with E-state index in [-0.39, 0.29) is 5.75 Å². The molecule has 1 N–H and O–H groups in total. The summed E-state index contributed by atoms with van der Waals surface area (Å²) in [6.07, 6.45) is 3.07. The lowest BCUT2D eigenvalue weighted by atomic mass is 10.1. The summed E-state index contributed by atoms with van der Waals surface area (Å²) in [6.45, 7) is 1.85. The first-order chi connectivity index (χ1) is 6.65. The third-order valence-electron chi connectivity index (χ3n) is 2.34. The third-order valence-corrected chi connectivity index (χ3v) is 2.34. The van der Waals surface area contributed by atoms with E-state index in [4.69, 9.17) is 5.26 Å². The molecule has 4 nitrogen and oxygen atoms in total. The predicted octanol–water partition coefficient (Wildman–Crippen LogP) is 1.46. The van der Waals surface area contributed by atoms with Gasteiger partial charge in [0.05, 0.1) is 11.1 Å². The van der Waals surface area contributed by atoms with Crippen LogP contribution in [0.3, 0.4) is 0 Å². The van der Waals surface area contributed by atoms with Gasteiger partial charge in [0, 0.05) is 19.4 Å². The van der Waals surface area contributed by atoms with Crippen molar-refractivity contribution in [2.75, 3.05) is 0 Å². The molecule has 0 aliphatic carbocycles. The molecule has 0 fully saturated rings. The lowest BCUT2D eigenvalue weighted by molar-refractivity contribution is 0.478. The maximum atomic E-state index is 9.51. The molecule has 14 heavy (non-hydrogen) atoms. The summed E-state index contributed by atoms with van der Waals surface area (Å²) in [6, 6.07) is 2.07. The van der Waals surface area contributed by atoms with Crippen LogP contribution in [0.1, 0.15) is 11.1 Å². The summed E-state index contributed by atoms with van der Waals surface area (Å²) in [4.78, 5) is 4.04. The number of aromatic hydroxyl groups is 1. The van der Waals surface area contributed by atoms with Gasteiger partial charge in [0.15, 0.2) is 5.75 Å². The molecule has 0 saturated carbocycles. The number of aromatic nitrogens is 2. The van der Waals surface area contributed by atoms with Crippen molar-refractivity contribution in [2.24, 2.45) is 7.05 Å². The summed E-state index contributed by atoms with van der Waals surface area (Å²) < 4.78 is 1.77. The zero-order valence-electron chi connectivity index (χ0n) is 7.94. The smallest absolute Gasteiger partial charge is 0.159 e. The first-order valence-corrected chi connectivity index (χ1v) is 4.19. The fraction of sp³-hybridized carbons (Fsp3) is 0.200. The van der Waals surface area contributed by atoms with Crippen molar-refractivity contribution >= 4 is 11.0 Å². The molecular weight excluding hydrogens is 178 g/mol. The van der Waals surface area contributed by atoms with E-state index in [1.54, 1.807) is 10.8 Å². The van der Waals surface area contributed by atoms with Gasteiger partial charge < -0.3 is 9.67 Å². The number of nitriles is 1. The van der Waals surface area contributed by atoms with Gasteiger partial charge in [-0.25, -0.2) is 4.98 Å². The Morgan fingerprint density at radius 1 is 1.57 bits per heavy atom. The van der Waals surface area contributed by atoms with E-state index < -0.39 is 0 Å². The molecule has 0 aromatic carbocycles. The average molecular weight is 187 g/mol. The Morgan fingerprint density at radius 2 is 2.29 bits per heavy atom. The Labute approximate surface area is 81.0 Å². The van der Waals surface area contributed by atoms with Crippen LogP contribution in [0.5, 0.6) is 5.75 Å². The number of hydrogen-bond acceptors (Lipinski definition) is 3. The van der Waals surface area contributed by atoms with Crippen molar-refractivity contribution in [3.05, 3.63) is 23.5 Å². The fourth-order valence-electron chi connectivity index (χ4n) is 1.63. The monoisotopic (exact) mass is 187 g/mol. The van der Waals surface area contributed by atoms with Crippen LogP contribution in [0.15, 0.2) is 12.4 Å². The third kappa shape index (κ3) is 0.958. The van der Waals surface area contributed by atoms with E-state index >= 15 is 0 Å². The highest BCUT2D eigenvalue weighted by molar-refractivity contribution is 5.86. The number of hydrogen-bond donors (Lipinski definition) is 1. The number of aryl methyl sites for hydroxylation is 2. The van der Waals surface area contributed by atoms with Crippen LogP contribution in [0.25, 0.3) is 11.0 Å². The summed E-state index contributed by atoms with van der Waals surface area (Å²) in [5, 5.41) is 18.3. The quantitative estimate of drug-likeness (QED) is 0.679. The first kappa shape index (κ1) is 8.57. The van der Waals surface area contributed by atoms with Crippen LogP contribution in [0, 0.1) is 18.3 Å².